The van der Waals surface area contributed by atoms with Crippen molar-refractivity contribution in [3.05, 3.63) is 65.0 Å². The summed E-state index contributed by atoms with van der Waals surface area (Å²) in [6, 6.07) is 9.76. The molecule has 1 aromatic heterocycles. The Hall–Kier alpha value is -2.89. The molecule has 2 heterocycles. The van der Waals surface area contributed by atoms with Gasteiger partial charge in [0, 0.05) is 25.5 Å². The number of hydrogen-bond donors (Lipinski definition) is 1. The van der Waals surface area contributed by atoms with E-state index >= 15 is 0 Å². The summed E-state index contributed by atoms with van der Waals surface area (Å²) in [6.07, 6.45) is 3.60. The molecule has 0 spiro atoms. The van der Waals surface area contributed by atoms with Crippen LogP contribution in [-0.4, -0.2) is 35.0 Å². The molecule has 130 valence electrons. The second-order valence-corrected chi connectivity index (χ2v) is 5.86. The van der Waals surface area contributed by atoms with Crippen molar-refractivity contribution < 1.29 is 14.3 Å². The summed E-state index contributed by atoms with van der Waals surface area (Å²) in [4.78, 5) is 30.3. The number of carbonyl (C=O) groups excluding carboxylic acids is 2. The maximum Gasteiger partial charge on any atom is 0.410 e. The predicted octanol–water partition coefficient (Wildman–Crippen LogP) is 2.53. The zero-order valence-electron chi connectivity index (χ0n) is 14.2. The van der Waals surface area contributed by atoms with Crippen LogP contribution in [0.15, 0.2) is 42.7 Å². The molecule has 2 amide bonds. The van der Waals surface area contributed by atoms with Crippen molar-refractivity contribution in [1.29, 1.82) is 0 Å². The first-order valence-electron chi connectivity index (χ1n) is 8.38. The lowest BCUT2D eigenvalue weighted by atomic mass is 9.97. The van der Waals surface area contributed by atoms with E-state index in [0.29, 0.717) is 38.2 Å². The molecule has 0 radical (unpaired) electrons. The highest BCUT2D eigenvalue weighted by molar-refractivity contribution is 5.95. The first kappa shape index (κ1) is 17.0. The lowest BCUT2D eigenvalue weighted by Gasteiger charge is -2.28. The molecule has 0 unspecified atom stereocenters. The normalized spacial score (nSPS) is 13.1. The van der Waals surface area contributed by atoms with Crippen molar-refractivity contribution in [2.45, 2.75) is 26.4 Å². The number of fused-ring (bicyclic) bond motifs is 1. The highest BCUT2D eigenvalue weighted by Crippen LogP contribution is 2.22. The lowest BCUT2D eigenvalue weighted by molar-refractivity contribution is 0.0947. The second kappa shape index (κ2) is 7.79. The maximum absolute atomic E-state index is 12.6. The van der Waals surface area contributed by atoms with Gasteiger partial charge < -0.3 is 15.0 Å². The van der Waals surface area contributed by atoms with Crippen LogP contribution in [0.1, 0.15) is 34.0 Å². The van der Waals surface area contributed by atoms with Crippen molar-refractivity contribution in [2.75, 3.05) is 13.2 Å². The fourth-order valence-electron chi connectivity index (χ4n) is 2.93. The minimum atomic E-state index is -0.327. The number of ether oxygens (including phenoxy) is 1. The average Bonchev–Trinajstić information content (AvgIpc) is 2.66. The average molecular weight is 339 g/mol. The van der Waals surface area contributed by atoms with Crippen molar-refractivity contribution >= 4 is 12.0 Å². The molecule has 0 bridgehead atoms. The van der Waals surface area contributed by atoms with E-state index in [0.717, 1.165) is 16.7 Å². The Balaban J connectivity index is 1.71. The van der Waals surface area contributed by atoms with Crippen LogP contribution in [0, 0.1) is 0 Å². The Morgan fingerprint density at radius 2 is 2.04 bits per heavy atom. The highest BCUT2D eigenvalue weighted by Gasteiger charge is 2.25. The summed E-state index contributed by atoms with van der Waals surface area (Å²) in [6.45, 7) is 3.56. The summed E-state index contributed by atoms with van der Waals surface area (Å²) >= 11 is 0. The molecule has 1 aromatic carbocycles. The molecule has 3 rings (SSSR count). The number of carbonyl (C=O) groups is 2. The molecule has 0 atom stereocenters. The molecule has 0 fully saturated rings. The summed E-state index contributed by atoms with van der Waals surface area (Å²) in [5.41, 5.74) is 3.48. The predicted molar refractivity (Wildman–Crippen MR) is 93.0 cm³/mol. The van der Waals surface area contributed by atoms with Gasteiger partial charge in [0.25, 0.3) is 5.91 Å². The van der Waals surface area contributed by atoms with Crippen LogP contribution in [0.4, 0.5) is 4.79 Å². The number of hydrogen-bond acceptors (Lipinski definition) is 4. The second-order valence-electron chi connectivity index (χ2n) is 5.86. The van der Waals surface area contributed by atoms with Gasteiger partial charge >= 0.3 is 6.09 Å². The van der Waals surface area contributed by atoms with Crippen LogP contribution in [0.2, 0.25) is 0 Å². The summed E-state index contributed by atoms with van der Waals surface area (Å²) in [5, 5.41) is 2.94. The number of amides is 2. The molecule has 0 saturated carbocycles. The van der Waals surface area contributed by atoms with Crippen LogP contribution >= 0.6 is 0 Å². The Morgan fingerprint density at radius 3 is 2.80 bits per heavy atom. The monoisotopic (exact) mass is 339 g/mol. The van der Waals surface area contributed by atoms with Crippen molar-refractivity contribution in [1.82, 2.24) is 15.2 Å². The van der Waals surface area contributed by atoms with E-state index in [1.165, 1.54) is 0 Å². The zero-order valence-corrected chi connectivity index (χ0v) is 14.2. The van der Waals surface area contributed by atoms with Crippen LogP contribution < -0.4 is 5.32 Å². The first-order chi connectivity index (χ1) is 12.2. The number of nitrogens with zero attached hydrogens (tertiary/aromatic N) is 2. The molecule has 0 aliphatic carbocycles. The third-order valence-corrected chi connectivity index (χ3v) is 4.21. The smallest absolute Gasteiger partial charge is 0.410 e. The Kier molecular flexibility index (Phi) is 5.28. The van der Waals surface area contributed by atoms with Crippen LogP contribution in [0.25, 0.3) is 0 Å². The largest absolute Gasteiger partial charge is 0.450 e. The van der Waals surface area contributed by atoms with Gasteiger partial charge in [-0.05, 0) is 30.0 Å². The molecule has 6 nitrogen and oxygen atoms in total. The van der Waals surface area contributed by atoms with Gasteiger partial charge in [0.2, 0.25) is 0 Å². The van der Waals surface area contributed by atoms with Gasteiger partial charge in [-0.25, -0.2) is 4.79 Å². The Labute approximate surface area is 146 Å². The van der Waals surface area contributed by atoms with E-state index in [1.54, 1.807) is 24.2 Å². The Bertz CT molecular complexity index is 762. The van der Waals surface area contributed by atoms with E-state index in [-0.39, 0.29) is 12.0 Å². The van der Waals surface area contributed by atoms with E-state index in [4.69, 9.17) is 4.74 Å². The third kappa shape index (κ3) is 3.96. The molecule has 0 saturated heterocycles. The lowest BCUT2D eigenvalue weighted by Crippen LogP contribution is -2.37. The van der Waals surface area contributed by atoms with Crippen LogP contribution in [-0.2, 0) is 24.2 Å². The number of aromatic nitrogens is 1. The maximum atomic E-state index is 12.6. The van der Waals surface area contributed by atoms with Crippen molar-refractivity contribution in [3.63, 3.8) is 0 Å². The third-order valence-electron chi connectivity index (χ3n) is 4.21. The minimum Gasteiger partial charge on any atom is -0.450 e. The fraction of sp³-hybridized carbons (Fsp3) is 0.316. The number of rotatable bonds is 4. The molecular weight excluding hydrogens is 318 g/mol. The molecular formula is C19H21N3O3. The van der Waals surface area contributed by atoms with Gasteiger partial charge in [-0.2, -0.15) is 0 Å². The van der Waals surface area contributed by atoms with Gasteiger partial charge in [0.05, 0.1) is 18.7 Å². The van der Waals surface area contributed by atoms with Gasteiger partial charge in [0.1, 0.15) is 0 Å². The van der Waals surface area contributed by atoms with Gasteiger partial charge in [-0.15, -0.1) is 0 Å². The Morgan fingerprint density at radius 1 is 1.24 bits per heavy atom. The van der Waals surface area contributed by atoms with Crippen molar-refractivity contribution in [3.8, 4) is 0 Å². The quantitative estimate of drug-likeness (QED) is 0.929. The van der Waals surface area contributed by atoms with E-state index < -0.39 is 0 Å². The number of benzene rings is 1. The summed E-state index contributed by atoms with van der Waals surface area (Å²) in [7, 11) is 0. The fourth-order valence-corrected chi connectivity index (χ4v) is 2.93. The van der Waals surface area contributed by atoms with E-state index in [9.17, 15) is 9.59 Å². The molecule has 1 aliphatic heterocycles. The molecule has 1 aliphatic rings. The molecule has 2 aromatic rings. The van der Waals surface area contributed by atoms with E-state index in [2.05, 4.69) is 10.3 Å². The van der Waals surface area contributed by atoms with E-state index in [1.807, 2.05) is 30.3 Å². The zero-order chi connectivity index (χ0) is 17.6. The van der Waals surface area contributed by atoms with Gasteiger partial charge in [0.15, 0.2) is 0 Å². The molecule has 25 heavy (non-hydrogen) atoms. The summed E-state index contributed by atoms with van der Waals surface area (Å²) < 4.78 is 5.05. The van der Waals surface area contributed by atoms with Crippen LogP contribution in [0.3, 0.4) is 0 Å². The topological polar surface area (TPSA) is 71.5 Å². The van der Waals surface area contributed by atoms with Gasteiger partial charge in [-0.1, -0.05) is 30.3 Å². The van der Waals surface area contributed by atoms with Gasteiger partial charge in [-0.3, -0.25) is 9.78 Å². The highest BCUT2D eigenvalue weighted by atomic mass is 16.6. The standard InChI is InChI=1S/C19H21N3O3/c1-2-25-19(24)22-9-8-16-15(13-22)11-20-12-17(16)18(23)21-10-14-6-4-3-5-7-14/h3-7,11-12H,2,8-10,13H2,1H3,(H,21,23). The van der Waals surface area contributed by atoms with Crippen LogP contribution in [0.5, 0.6) is 0 Å². The number of pyridine rings is 1. The minimum absolute atomic E-state index is 0.141. The first-order valence-corrected chi connectivity index (χ1v) is 8.38. The summed E-state index contributed by atoms with van der Waals surface area (Å²) in [5.74, 6) is -0.141. The SMILES string of the molecule is CCOC(=O)N1CCc2c(cncc2C(=O)NCc2ccccc2)C1. The number of nitrogens with one attached hydrogen (secondary N) is 1. The van der Waals surface area contributed by atoms with Crippen molar-refractivity contribution in [2.24, 2.45) is 0 Å². The molecule has 6 heteroatoms. The molecule has 1 N–H and O–H groups in total.